The number of halogens is 1. The van der Waals surface area contributed by atoms with Crippen molar-refractivity contribution in [3.8, 4) is 11.8 Å². The van der Waals surface area contributed by atoms with Crippen molar-refractivity contribution in [2.45, 2.75) is 12.8 Å². The van der Waals surface area contributed by atoms with Crippen LogP contribution in [0.2, 0.25) is 0 Å². The molecule has 0 aromatic heterocycles. The van der Waals surface area contributed by atoms with Gasteiger partial charge in [0.05, 0.1) is 12.2 Å². The molecule has 1 unspecified atom stereocenters. The number of aliphatic hydroxyl groups excluding tert-OH is 1. The Bertz CT molecular complexity index is 578. The summed E-state index contributed by atoms with van der Waals surface area (Å²) in [6, 6.07) is 3.81. The molecule has 0 aliphatic rings. The molecule has 2 N–H and O–H groups in total. The van der Waals surface area contributed by atoms with E-state index in [1.165, 1.54) is 12.1 Å². The van der Waals surface area contributed by atoms with Crippen molar-refractivity contribution in [2.75, 3.05) is 25.2 Å². The van der Waals surface area contributed by atoms with Gasteiger partial charge in [-0.3, -0.25) is 9.00 Å². The molecule has 0 bridgehead atoms. The van der Waals surface area contributed by atoms with Crippen molar-refractivity contribution < 1.29 is 18.5 Å². The predicted molar refractivity (Wildman–Crippen MR) is 80.9 cm³/mol. The second-order valence-electron chi connectivity index (χ2n) is 4.35. The summed E-state index contributed by atoms with van der Waals surface area (Å²) in [4.78, 5) is 12.0. The lowest BCUT2D eigenvalue weighted by molar-refractivity contribution is 0.0953. The highest BCUT2D eigenvalue weighted by Crippen LogP contribution is 2.10. The van der Waals surface area contributed by atoms with Crippen molar-refractivity contribution in [1.82, 2.24) is 5.32 Å². The maximum absolute atomic E-state index is 13.3. The van der Waals surface area contributed by atoms with Gasteiger partial charge in [-0.25, -0.2) is 4.39 Å². The van der Waals surface area contributed by atoms with Gasteiger partial charge in [-0.15, -0.1) is 0 Å². The standard InChI is InChI=1S/C15H18FNO3S/c1-21(20)10-4-8-17-15(19)14-11-13(16)7-6-12(14)5-2-3-9-18/h6-7,11,18H,3-4,8-10H2,1H3,(H,17,19). The zero-order chi connectivity index (χ0) is 15.7. The SMILES string of the molecule is CS(=O)CCCNC(=O)c1cc(F)ccc1C#CCCO. The Morgan fingerprint density at radius 2 is 2.24 bits per heavy atom. The fraction of sp³-hybridized carbons (Fsp3) is 0.400. The molecule has 1 atom stereocenters. The quantitative estimate of drug-likeness (QED) is 0.610. The summed E-state index contributed by atoms with van der Waals surface area (Å²) in [5.74, 6) is 5.03. The molecular weight excluding hydrogens is 293 g/mol. The molecule has 114 valence electrons. The lowest BCUT2D eigenvalue weighted by Gasteiger charge is -2.07. The third-order valence-electron chi connectivity index (χ3n) is 2.58. The Kier molecular flexibility index (Phi) is 7.65. The van der Waals surface area contributed by atoms with Crippen LogP contribution >= 0.6 is 0 Å². The van der Waals surface area contributed by atoms with E-state index in [0.29, 0.717) is 30.7 Å². The van der Waals surface area contributed by atoms with Gasteiger partial charge in [0.25, 0.3) is 5.91 Å². The van der Waals surface area contributed by atoms with Crippen LogP contribution in [0, 0.1) is 17.7 Å². The summed E-state index contributed by atoms with van der Waals surface area (Å²) in [6.45, 7) is 0.308. The Labute approximate surface area is 126 Å². The molecule has 0 aliphatic heterocycles. The first kappa shape index (κ1) is 17.3. The van der Waals surface area contributed by atoms with E-state index in [-0.39, 0.29) is 12.2 Å². The highest BCUT2D eigenvalue weighted by molar-refractivity contribution is 7.84. The fourth-order valence-corrected chi connectivity index (χ4v) is 2.15. The highest BCUT2D eigenvalue weighted by atomic mass is 32.2. The lowest BCUT2D eigenvalue weighted by Crippen LogP contribution is -2.26. The van der Waals surface area contributed by atoms with E-state index >= 15 is 0 Å². The van der Waals surface area contributed by atoms with Crippen LogP contribution in [0.15, 0.2) is 18.2 Å². The minimum atomic E-state index is -0.896. The summed E-state index contributed by atoms with van der Waals surface area (Å²) in [6.07, 6.45) is 2.49. The zero-order valence-corrected chi connectivity index (χ0v) is 12.6. The fourth-order valence-electron chi connectivity index (χ4n) is 1.60. The van der Waals surface area contributed by atoms with E-state index in [9.17, 15) is 13.4 Å². The van der Waals surface area contributed by atoms with E-state index < -0.39 is 22.5 Å². The zero-order valence-electron chi connectivity index (χ0n) is 11.8. The van der Waals surface area contributed by atoms with Gasteiger partial charge < -0.3 is 10.4 Å². The van der Waals surface area contributed by atoms with Crippen molar-refractivity contribution in [1.29, 1.82) is 0 Å². The second kappa shape index (κ2) is 9.27. The van der Waals surface area contributed by atoms with Crippen molar-refractivity contribution in [3.63, 3.8) is 0 Å². The molecular formula is C15H18FNO3S. The topological polar surface area (TPSA) is 66.4 Å². The first-order valence-corrected chi connectivity index (χ1v) is 8.25. The summed E-state index contributed by atoms with van der Waals surface area (Å²) in [7, 11) is -0.896. The number of aliphatic hydroxyl groups is 1. The van der Waals surface area contributed by atoms with E-state index in [1.54, 1.807) is 6.26 Å². The largest absolute Gasteiger partial charge is 0.395 e. The number of carbonyl (C=O) groups excluding carboxylic acids is 1. The van der Waals surface area contributed by atoms with Crippen LogP contribution in [0.1, 0.15) is 28.8 Å². The van der Waals surface area contributed by atoms with Crippen molar-refractivity contribution >= 4 is 16.7 Å². The normalized spacial score (nSPS) is 11.4. The van der Waals surface area contributed by atoms with Crippen LogP contribution in [-0.4, -0.2) is 40.4 Å². The van der Waals surface area contributed by atoms with E-state index in [4.69, 9.17) is 5.11 Å². The molecule has 0 heterocycles. The molecule has 1 aromatic carbocycles. The minimum Gasteiger partial charge on any atom is -0.395 e. The molecule has 6 heteroatoms. The highest BCUT2D eigenvalue weighted by Gasteiger charge is 2.11. The first-order valence-electron chi connectivity index (χ1n) is 6.52. The van der Waals surface area contributed by atoms with Crippen LogP contribution < -0.4 is 5.32 Å². The maximum Gasteiger partial charge on any atom is 0.252 e. The van der Waals surface area contributed by atoms with Crippen molar-refractivity contribution in [3.05, 3.63) is 35.1 Å². The van der Waals surface area contributed by atoms with Gasteiger partial charge in [0.2, 0.25) is 0 Å². The van der Waals surface area contributed by atoms with Crippen LogP contribution in [-0.2, 0) is 10.8 Å². The first-order chi connectivity index (χ1) is 10.0. The molecule has 4 nitrogen and oxygen atoms in total. The average molecular weight is 311 g/mol. The Hall–Kier alpha value is -1.71. The number of amides is 1. The van der Waals surface area contributed by atoms with Gasteiger partial charge in [-0.05, 0) is 24.6 Å². The summed E-state index contributed by atoms with van der Waals surface area (Å²) >= 11 is 0. The van der Waals surface area contributed by atoms with Gasteiger partial charge in [-0.2, -0.15) is 0 Å². The van der Waals surface area contributed by atoms with Gasteiger partial charge in [0, 0.05) is 41.3 Å². The molecule has 1 amide bonds. The van der Waals surface area contributed by atoms with Gasteiger partial charge in [0.15, 0.2) is 0 Å². The maximum atomic E-state index is 13.3. The molecule has 0 spiro atoms. The number of carbonyl (C=O) groups is 1. The summed E-state index contributed by atoms with van der Waals surface area (Å²) < 4.78 is 24.2. The van der Waals surface area contributed by atoms with Crippen LogP contribution in [0.25, 0.3) is 0 Å². The molecule has 1 rings (SSSR count). The molecule has 0 fully saturated rings. The number of benzene rings is 1. The Balaban J connectivity index is 2.75. The minimum absolute atomic E-state index is 0.0656. The second-order valence-corrected chi connectivity index (χ2v) is 5.91. The van der Waals surface area contributed by atoms with Crippen LogP contribution in [0.3, 0.4) is 0 Å². The number of rotatable bonds is 6. The third-order valence-corrected chi connectivity index (χ3v) is 3.44. The number of hydrogen-bond donors (Lipinski definition) is 2. The third kappa shape index (κ3) is 6.52. The molecule has 0 aliphatic carbocycles. The van der Waals surface area contributed by atoms with E-state index in [0.717, 1.165) is 6.07 Å². The predicted octanol–water partition coefficient (Wildman–Crippen LogP) is 1.06. The molecule has 0 saturated heterocycles. The summed E-state index contributed by atoms with van der Waals surface area (Å²) in [5.41, 5.74) is 0.583. The number of hydrogen-bond acceptors (Lipinski definition) is 3. The van der Waals surface area contributed by atoms with Crippen molar-refractivity contribution in [2.24, 2.45) is 0 Å². The Morgan fingerprint density at radius 3 is 2.90 bits per heavy atom. The number of nitrogens with one attached hydrogen (secondary N) is 1. The van der Waals surface area contributed by atoms with Gasteiger partial charge >= 0.3 is 0 Å². The molecule has 0 radical (unpaired) electrons. The van der Waals surface area contributed by atoms with Crippen LogP contribution in [0.4, 0.5) is 4.39 Å². The molecule has 0 saturated carbocycles. The summed E-state index contributed by atoms with van der Waals surface area (Å²) in [5, 5.41) is 11.3. The van der Waals surface area contributed by atoms with Gasteiger partial charge in [-0.1, -0.05) is 11.8 Å². The van der Waals surface area contributed by atoms with Gasteiger partial charge in [0.1, 0.15) is 5.82 Å². The molecule has 1 aromatic rings. The molecule has 21 heavy (non-hydrogen) atoms. The Morgan fingerprint density at radius 1 is 1.48 bits per heavy atom. The lowest BCUT2D eigenvalue weighted by atomic mass is 10.1. The monoisotopic (exact) mass is 311 g/mol. The van der Waals surface area contributed by atoms with E-state index in [2.05, 4.69) is 17.2 Å². The van der Waals surface area contributed by atoms with Crippen LogP contribution in [0.5, 0.6) is 0 Å². The van der Waals surface area contributed by atoms with E-state index in [1.807, 2.05) is 0 Å². The average Bonchev–Trinajstić information content (AvgIpc) is 2.45. The smallest absolute Gasteiger partial charge is 0.252 e.